The first-order chi connectivity index (χ1) is 8.43. The molecule has 0 aliphatic rings. The molecule has 1 aromatic heterocycles. The molecule has 0 bridgehead atoms. The number of hydrogen-bond acceptors (Lipinski definition) is 1. The van der Waals surface area contributed by atoms with E-state index in [2.05, 4.69) is 27.6 Å². The van der Waals surface area contributed by atoms with Crippen molar-refractivity contribution >= 4 is 80.6 Å². The molecule has 1 aromatic carbocycles. The summed E-state index contributed by atoms with van der Waals surface area (Å²) in [5, 5.41) is 1.04. The summed E-state index contributed by atoms with van der Waals surface area (Å²) < 4.78 is 0.856. The molecule has 0 atom stereocenters. The average Bonchev–Trinajstić information content (AvgIpc) is 2.36. The predicted molar refractivity (Wildman–Crippen MR) is 87.4 cm³/mol. The standard InChI is InChI=1S/C11H3Cl5IN/c12-7-6(4-1-2-5(17)18-3-4)8(13)10(15)11(16)9(7)14/h1-3H. The van der Waals surface area contributed by atoms with E-state index < -0.39 is 0 Å². The molecule has 0 saturated carbocycles. The van der Waals surface area contributed by atoms with Gasteiger partial charge in [-0.2, -0.15) is 0 Å². The normalized spacial score (nSPS) is 10.8. The highest BCUT2D eigenvalue weighted by Crippen LogP contribution is 2.47. The van der Waals surface area contributed by atoms with Crippen LogP contribution in [0.3, 0.4) is 0 Å². The van der Waals surface area contributed by atoms with Crippen LogP contribution < -0.4 is 0 Å². The van der Waals surface area contributed by atoms with Crippen LogP contribution in [0, 0.1) is 3.70 Å². The molecule has 1 nitrogen and oxygen atoms in total. The topological polar surface area (TPSA) is 12.9 Å². The van der Waals surface area contributed by atoms with Crippen molar-refractivity contribution < 1.29 is 0 Å². The Morgan fingerprint density at radius 2 is 1.28 bits per heavy atom. The summed E-state index contributed by atoms with van der Waals surface area (Å²) in [6, 6.07) is 3.67. The van der Waals surface area contributed by atoms with Crippen molar-refractivity contribution in [2.45, 2.75) is 0 Å². The zero-order chi connectivity index (χ0) is 13.4. The van der Waals surface area contributed by atoms with E-state index in [1.54, 1.807) is 6.20 Å². The molecular weight excluding hydrogens is 450 g/mol. The lowest BCUT2D eigenvalue weighted by molar-refractivity contribution is 1.27. The van der Waals surface area contributed by atoms with Gasteiger partial charge in [0.2, 0.25) is 0 Å². The van der Waals surface area contributed by atoms with Gasteiger partial charge in [0, 0.05) is 17.3 Å². The largest absolute Gasteiger partial charge is 0.250 e. The van der Waals surface area contributed by atoms with Crippen LogP contribution in [0.15, 0.2) is 18.3 Å². The number of hydrogen-bond donors (Lipinski definition) is 0. The van der Waals surface area contributed by atoms with Gasteiger partial charge in [0.05, 0.1) is 25.1 Å². The van der Waals surface area contributed by atoms with Gasteiger partial charge in [0.1, 0.15) is 3.70 Å². The number of aromatic nitrogens is 1. The highest BCUT2D eigenvalue weighted by atomic mass is 127. The second-order valence-corrected chi connectivity index (χ2v) is 6.31. The summed E-state index contributed by atoms with van der Waals surface area (Å²) in [5.41, 5.74) is 1.26. The maximum Gasteiger partial charge on any atom is 0.101 e. The summed E-state index contributed by atoms with van der Waals surface area (Å²) >= 11 is 32.4. The summed E-state index contributed by atoms with van der Waals surface area (Å²) in [6.07, 6.45) is 1.65. The van der Waals surface area contributed by atoms with E-state index in [1.807, 2.05) is 12.1 Å². The Hall–Kier alpha value is 0.550. The van der Waals surface area contributed by atoms with Crippen molar-refractivity contribution in [3.8, 4) is 11.1 Å². The molecule has 0 unspecified atom stereocenters. The van der Waals surface area contributed by atoms with E-state index >= 15 is 0 Å². The molecule has 94 valence electrons. The second kappa shape index (κ2) is 5.90. The molecule has 18 heavy (non-hydrogen) atoms. The van der Waals surface area contributed by atoms with Crippen LogP contribution in [-0.4, -0.2) is 4.98 Å². The fourth-order valence-electron chi connectivity index (χ4n) is 1.38. The number of pyridine rings is 1. The van der Waals surface area contributed by atoms with Crippen LogP contribution in [0.2, 0.25) is 25.1 Å². The van der Waals surface area contributed by atoms with E-state index in [0.717, 1.165) is 9.26 Å². The van der Waals surface area contributed by atoms with Crippen LogP contribution >= 0.6 is 80.6 Å². The lowest BCUT2D eigenvalue weighted by atomic mass is 10.1. The highest BCUT2D eigenvalue weighted by molar-refractivity contribution is 14.1. The minimum Gasteiger partial charge on any atom is -0.250 e. The predicted octanol–water partition coefficient (Wildman–Crippen LogP) is 6.62. The Balaban J connectivity index is 2.75. The third kappa shape index (κ3) is 2.69. The molecule has 2 rings (SSSR count). The lowest BCUT2D eigenvalue weighted by Crippen LogP contribution is -1.88. The average molecular weight is 453 g/mol. The van der Waals surface area contributed by atoms with Crippen LogP contribution in [0.4, 0.5) is 0 Å². The fraction of sp³-hybridized carbons (Fsp3) is 0. The highest BCUT2D eigenvalue weighted by Gasteiger charge is 2.20. The fourth-order valence-corrected chi connectivity index (χ4v) is 3.06. The van der Waals surface area contributed by atoms with Gasteiger partial charge in [0.25, 0.3) is 0 Å². The molecular formula is C11H3Cl5IN. The summed E-state index contributed by atoms with van der Waals surface area (Å²) in [7, 11) is 0. The molecule has 2 aromatic rings. The molecule has 0 aliphatic carbocycles. The monoisotopic (exact) mass is 451 g/mol. The van der Waals surface area contributed by atoms with Crippen LogP contribution in [0.5, 0.6) is 0 Å². The van der Waals surface area contributed by atoms with Crippen LogP contribution in [-0.2, 0) is 0 Å². The molecule has 0 saturated heterocycles. The molecule has 0 spiro atoms. The van der Waals surface area contributed by atoms with Crippen LogP contribution in [0.25, 0.3) is 11.1 Å². The molecule has 0 radical (unpaired) electrons. The van der Waals surface area contributed by atoms with Crippen molar-refractivity contribution in [1.29, 1.82) is 0 Å². The van der Waals surface area contributed by atoms with Crippen molar-refractivity contribution in [2.75, 3.05) is 0 Å². The van der Waals surface area contributed by atoms with E-state index in [4.69, 9.17) is 58.0 Å². The van der Waals surface area contributed by atoms with Gasteiger partial charge in [-0.1, -0.05) is 64.1 Å². The Morgan fingerprint density at radius 3 is 1.72 bits per heavy atom. The third-order valence-electron chi connectivity index (χ3n) is 2.23. The minimum atomic E-state index is 0.149. The summed E-state index contributed by atoms with van der Waals surface area (Å²) in [4.78, 5) is 4.17. The Labute approximate surface area is 142 Å². The lowest BCUT2D eigenvalue weighted by Gasteiger charge is -2.12. The van der Waals surface area contributed by atoms with E-state index in [-0.39, 0.29) is 25.1 Å². The van der Waals surface area contributed by atoms with Gasteiger partial charge in [0.15, 0.2) is 0 Å². The molecule has 0 fully saturated rings. The van der Waals surface area contributed by atoms with E-state index in [0.29, 0.717) is 5.56 Å². The van der Waals surface area contributed by atoms with Crippen LogP contribution in [0.1, 0.15) is 0 Å². The smallest absolute Gasteiger partial charge is 0.101 e. The number of benzene rings is 1. The molecule has 1 heterocycles. The zero-order valence-corrected chi connectivity index (χ0v) is 14.4. The quantitative estimate of drug-likeness (QED) is 0.205. The molecule has 0 amide bonds. The summed E-state index contributed by atoms with van der Waals surface area (Å²) in [6.45, 7) is 0. The first kappa shape index (κ1) is 14.9. The number of halogens is 6. The van der Waals surface area contributed by atoms with Gasteiger partial charge in [-0.25, -0.2) is 4.98 Å². The van der Waals surface area contributed by atoms with E-state index in [9.17, 15) is 0 Å². The SMILES string of the molecule is Clc1c(Cl)c(Cl)c(-c2ccc(I)nc2)c(Cl)c1Cl. The van der Waals surface area contributed by atoms with Gasteiger partial charge >= 0.3 is 0 Å². The van der Waals surface area contributed by atoms with Gasteiger partial charge in [-0.05, 0) is 28.7 Å². The second-order valence-electron chi connectivity index (χ2n) is 3.31. The number of nitrogens with zero attached hydrogens (tertiary/aromatic N) is 1. The summed E-state index contributed by atoms with van der Waals surface area (Å²) in [5.74, 6) is 0. The van der Waals surface area contributed by atoms with Crippen molar-refractivity contribution in [3.63, 3.8) is 0 Å². The zero-order valence-electron chi connectivity index (χ0n) is 8.45. The molecule has 7 heteroatoms. The van der Waals surface area contributed by atoms with Crippen molar-refractivity contribution in [3.05, 3.63) is 47.1 Å². The van der Waals surface area contributed by atoms with Crippen molar-refractivity contribution in [2.24, 2.45) is 0 Å². The Kier molecular flexibility index (Phi) is 4.90. The third-order valence-corrected chi connectivity index (χ3v) is 5.14. The van der Waals surface area contributed by atoms with Gasteiger partial charge < -0.3 is 0 Å². The molecule has 0 aliphatic heterocycles. The van der Waals surface area contributed by atoms with Gasteiger partial charge in [-0.3, -0.25) is 0 Å². The minimum absolute atomic E-state index is 0.149. The first-order valence-electron chi connectivity index (χ1n) is 4.57. The van der Waals surface area contributed by atoms with E-state index in [1.165, 1.54) is 0 Å². The van der Waals surface area contributed by atoms with Crippen molar-refractivity contribution in [1.82, 2.24) is 4.98 Å². The maximum absolute atomic E-state index is 6.16. The maximum atomic E-state index is 6.16. The van der Waals surface area contributed by atoms with Gasteiger partial charge in [-0.15, -0.1) is 0 Å². The Morgan fingerprint density at radius 1 is 0.778 bits per heavy atom. The molecule has 0 N–H and O–H groups in total. The Bertz CT molecular complexity index is 583. The first-order valence-corrected chi connectivity index (χ1v) is 7.53. The number of rotatable bonds is 1.